The second kappa shape index (κ2) is 5.65. The Labute approximate surface area is 95.8 Å². The van der Waals surface area contributed by atoms with Gasteiger partial charge < -0.3 is 10.1 Å². The summed E-state index contributed by atoms with van der Waals surface area (Å²) in [4.78, 5) is 11.4. The molecule has 0 atom stereocenters. The standard InChI is InChI=1S/C11H19N3O2/c1-8(2)16-7-11(15)12-5-10-6-14(4)13-9(10)3/h6,8H,5,7H2,1-4H3,(H,12,15). The summed E-state index contributed by atoms with van der Waals surface area (Å²) in [6, 6.07) is 0. The van der Waals surface area contributed by atoms with Crippen LogP contribution in [0.2, 0.25) is 0 Å². The van der Waals surface area contributed by atoms with Gasteiger partial charge in [0.15, 0.2) is 0 Å². The van der Waals surface area contributed by atoms with Crippen molar-refractivity contribution >= 4 is 5.91 Å². The van der Waals surface area contributed by atoms with Crippen molar-refractivity contribution in [1.29, 1.82) is 0 Å². The quantitative estimate of drug-likeness (QED) is 0.805. The number of hydrogen-bond acceptors (Lipinski definition) is 3. The Balaban J connectivity index is 2.34. The lowest BCUT2D eigenvalue weighted by Gasteiger charge is -2.07. The Bertz CT molecular complexity index is 358. The van der Waals surface area contributed by atoms with Crippen LogP contribution in [0.4, 0.5) is 0 Å². The monoisotopic (exact) mass is 225 g/mol. The van der Waals surface area contributed by atoms with Crippen LogP contribution < -0.4 is 5.32 Å². The topological polar surface area (TPSA) is 56.2 Å². The Kier molecular flexibility index (Phi) is 4.49. The van der Waals surface area contributed by atoms with Crippen LogP contribution in [0.3, 0.4) is 0 Å². The number of carbonyl (C=O) groups is 1. The SMILES string of the molecule is Cc1nn(C)cc1CNC(=O)COC(C)C. The maximum Gasteiger partial charge on any atom is 0.246 e. The van der Waals surface area contributed by atoms with Crippen molar-refractivity contribution in [3.05, 3.63) is 17.5 Å². The molecule has 0 saturated heterocycles. The van der Waals surface area contributed by atoms with E-state index < -0.39 is 0 Å². The van der Waals surface area contributed by atoms with Crippen LogP contribution in [0.5, 0.6) is 0 Å². The van der Waals surface area contributed by atoms with Crippen LogP contribution in [-0.2, 0) is 23.1 Å². The van der Waals surface area contributed by atoms with Crippen molar-refractivity contribution in [3.63, 3.8) is 0 Å². The fourth-order valence-corrected chi connectivity index (χ4v) is 1.31. The van der Waals surface area contributed by atoms with E-state index >= 15 is 0 Å². The lowest BCUT2D eigenvalue weighted by molar-refractivity contribution is -0.127. The van der Waals surface area contributed by atoms with Crippen molar-refractivity contribution in [1.82, 2.24) is 15.1 Å². The van der Waals surface area contributed by atoms with E-state index in [2.05, 4.69) is 10.4 Å². The minimum Gasteiger partial charge on any atom is -0.369 e. The summed E-state index contributed by atoms with van der Waals surface area (Å²) in [5.41, 5.74) is 1.97. The highest BCUT2D eigenvalue weighted by molar-refractivity contribution is 5.77. The fourth-order valence-electron chi connectivity index (χ4n) is 1.31. The van der Waals surface area contributed by atoms with Crippen LogP contribution in [0.25, 0.3) is 0 Å². The zero-order chi connectivity index (χ0) is 12.1. The molecule has 0 unspecified atom stereocenters. The number of carbonyl (C=O) groups excluding carboxylic acids is 1. The molecule has 0 aliphatic carbocycles. The van der Waals surface area contributed by atoms with Crippen LogP contribution >= 0.6 is 0 Å². The van der Waals surface area contributed by atoms with Gasteiger partial charge in [-0.2, -0.15) is 5.10 Å². The van der Waals surface area contributed by atoms with E-state index in [9.17, 15) is 4.79 Å². The van der Waals surface area contributed by atoms with Crippen molar-refractivity contribution in [2.75, 3.05) is 6.61 Å². The summed E-state index contributed by atoms with van der Waals surface area (Å²) in [7, 11) is 1.86. The predicted molar refractivity (Wildman–Crippen MR) is 60.9 cm³/mol. The van der Waals surface area contributed by atoms with Crippen molar-refractivity contribution in [2.45, 2.75) is 33.4 Å². The van der Waals surface area contributed by atoms with E-state index in [1.165, 1.54) is 0 Å². The summed E-state index contributed by atoms with van der Waals surface area (Å²) < 4.78 is 6.93. The summed E-state index contributed by atoms with van der Waals surface area (Å²) >= 11 is 0. The van der Waals surface area contributed by atoms with E-state index in [0.29, 0.717) is 6.54 Å². The van der Waals surface area contributed by atoms with Crippen LogP contribution in [0, 0.1) is 6.92 Å². The Morgan fingerprint density at radius 1 is 1.62 bits per heavy atom. The highest BCUT2D eigenvalue weighted by Crippen LogP contribution is 2.03. The fraction of sp³-hybridized carbons (Fsp3) is 0.636. The van der Waals surface area contributed by atoms with Gasteiger partial charge in [-0.15, -0.1) is 0 Å². The second-order valence-electron chi connectivity index (χ2n) is 4.05. The van der Waals surface area contributed by atoms with E-state index in [-0.39, 0.29) is 18.6 Å². The molecule has 1 aromatic rings. The minimum absolute atomic E-state index is 0.0749. The van der Waals surface area contributed by atoms with Crippen LogP contribution in [0.1, 0.15) is 25.1 Å². The molecule has 0 fully saturated rings. The summed E-state index contributed by atoms with van der Waals surface area (Å²) in [6.45, 7) is 6.33. The molecule has 0 aromatic carbocycles. The van der Waals surface area contributed by atoms with E-state index in [1.807, 2.05) is 34.0 Å². The molecule has 0 aliphatic rings. The van der Waals surface area contributed by atoms with Crippen molar-refractivity contribution < 1.29 is 9.53 Å². The molecule has 1 aromatic heterocycles. The van der Waals surface area contributed by atoms with Gasteiger partial charge in [-0.1, -0.05) is 0 Å². The molecule has 0 bridgehead atoms. The molecule has 5 nitrogen and oxygen atoms in total. The molecule has 0 aliphatic heterocycles. The average Bonchev–Trinajstić information content (AvgIpc) is 2.51. The molecule has 16 heavy (non-hydrogen) atoms. The minimum atomic E-state index is -0.100. The number of nitrogens with one attached hydrogen (secondary N) is 1. The molecule has 0 saturated carbocycles. The molecule has 0 spiro atoms. The van der Waals surface area contributed by atoms with E-state index in [0.717, 1.165) is 11.3 Å². The first-order chi connectivity index (χ1) is 7.49. The number of ether oxygens (including phenoxy) is 1. The zero-order valence-corrected chi connectivity index (χ0v) is 10.3. The highest BCUT2D eigenvalue weighted by atomic mass is 16.5. The van der Waals surface area contributed by atoms with Gasteiger partial charge in [0.2, 0.25) is 5.91 Å². The Hall–Kier alpha value is -1.36. The van der Waals surface area contributed by atoms with Gasteiger partial charge in [0.05, 0.1) is 11.8 Å². The summed E-state index contributed by atoms with van der Waals surface area (Å²) in [5, 5.41) is 6.99. The van der Waals surface area contributed by atoms with Gasteiger partial charge in [-0.3, -0.25) is 9.48 Å². The Morgan fingerprint density at radius 2 is 2.31 bits per heavy atom. The number of aryl methyl sites for hydroxylation is 2. The second-order valence-corrected chi connectivity index (χ2v) is 4.05. The molecule has 1 rings (SSSR count). The van der Waals surface area contributed by atoms with Gasteiger partial charge in [0.1, 0.15) is 6.61 Å². The van der Waals surface area contributed by atoms with E-state index in [4.69, 9.17) is 4.74 Å². The molecular formula is C11H19N3O2. The van der Waals surface area contributed by atoms with Gasteiger partial charge >= 0.3 is 0 Å². The number of amides is 1. The molecular weight excluding hydrogens is 206 g/mol. The third kappa shape index (κ3) is 4.02. The van der Waals surface area contributed by atoms with Gasteiger partial charge in [0.25, 0.3) is 0 Å². The smallest absolute Gasteiger partial charge is 0.246 e. The zero-order valence-electron chi connectivity index (χ0n) is 10.3. The van der Waals surface area contributed by atoms with Crippen molar-refractivity contribution in [3.8, 4) is 0 Å². The first kappa shape index (κ1) is 12.7. The third-order valence-electron chi connectivity index (χ3n) is 2.14. The predicted octanol–water partition coefficient (Wildman–Crippen LogP) is 0.770. The van der Waals surface area contributed by atoms with Gasteiger partial charge in [0, 0.05) is 25.4 Å². The average molecular weight is 225 g/mol. The molecule has 0 radical (unpaired) electrons. The van der Waals surface area contributed by atoms with Crippen molar-refractivity contribution in [2.24, 2.45) is 7.05 Å². The lowest BCUT2D eigenvalue weighted by atomic mass is 10.2. The first-order valence-corrected chi connectivity index (χ1v) is 5.36. The first-order valence-electron chi connectivity index (χ1n) is 5.36. The molecule has 1 heterocycles. The number of rotatable bonds is 5. The van der Waals surface area contributed by atoms with Gasteiger partial charge in [-0.05, 0) is 20.8 Å². The van der Waals surface area contributed by atoms with Crippen LogP contribution in [-0.4, -0.2) is 28.4 Å². The van der Waals surface area contributed by atoms with Gasteiger partial charge in [-0.25, -0.2) is 0 Å². The summed E-state index contributed by atoms with van der Waals surface area (Å²) in [6.07, 6.45) is 1.98. The van der Waals surface area contributed by atoms with E-state index in [1.54, 1.807) is 4.68 Å². The number of aromatic nitrogens is 2. The lowest BCUT2D eigenvalue weighted by Crippen LogP contribution is -2.28. The Morgan fingerprint density at radius 3 is 2.81 bits per heavy atom. The molecule has 1 amide bonds. The maximum absolute atomic E-state index is 11.4. The highest BCUT2D eigenvalue weighted by Gasteiger charge is 2.06. The maximum atomic E-state index is 11.4. The van der Waals surface area contributed by atoms with Crippen LogP contribution in [0.15, 0.2) is 6.20 Å². The molecule has 90 valence electrons. The third-order valence-corrected chi connectivity index (χ3v) is 2.14. The largest absolute Gasteiger partial charge is 0.369 e. The number of hydrogen-bond donors (Lipinski definition) is 1. The number of nitrogens with zero attached hydrogens (tertiary/aromatic N) is 2. The molecule has 5 heteroatoms. The normalized spacial score (nSPS) is 10.8. The molecule has 1 N–H and O–H groups in total. The summed E-state index contributed by atoms with van der Waals surface area (Å²) in [5.74, 6) is -0.100.